The third kappa shape index (κ3) is 2.00. The first-order valence-electron chi connectivity index (χ1n) is 4.79. The Kier molecular flexibility index (Phi) is 2.70. The summed E-state index contributed by atoms with van der Waals surface area (Å²) in [6.45, 7) is 0.494. The molecule has 0 aliphatic carbocycles. The lowest BCUT2D eigenvalue weighted by Gasteiger charge is -2.07. The maximum absolute atomic E-state index is 9.20. The molecular formula is C13H12NO. The molecule has 0 bridgehead atoms. The zero-order valence-corrected chi connectivity index (χ0v) is 8.27. The Labute approximate surface area is 89.0 Å². The maximum atomic E-state index is 9.20. The van der Waals surface area contributed by atoms with Gasteiger partial charge in [0.1, 0.15) is 5.75 Å². The largest absolute Gasteiger partial charge is 0.508 e. The molecule has 0 aliphatic rings. The molecule has 2 heteroatoms. The van der Waals surface area contributed by atoms with Gasteiger partial charge in [-0.1, -0.05) is 24.3 Å². The van der Waals surface area contributed by atoms with E-state index < -0.39 is 0 Å². The first kappa shape index (κ1) is 9.74. The highest BCUT2D eigenvalue weighted by atomic mass is 16.3. The van der Waals surface area contributed by atoms with Crippen LogP contribution in [0.25, 0.3) is 11.1 Å². The number of rotatable bonds is 2. The van der Waals surface area contributed by atoms with Crippen molar-refractivity contribution >= 4 is 0 Å². The number of hydrogen-bond acceptors (Lipinski definition) is 2. The van der Waals surface area contributed by atoms with Crippen LogP contribution in [0.1, 0.15) is 5.56 Å². The van der Waals surface area contributed by atoms with E-state index in [9.17, 15) is 5.11 Å². The monoisotopic (exact) mass is 198 g/mol. The van der Waals surface area contributed by atoms with Crippen molar-refractivity contribution in [2.24, 2.45) is 5.73 Å². The standard InChI is InChI=1S/C13H12NO/c14-9-11-3-1-2-4-13(11)10-5-7-12(15)8-6-10/h2-8,15H,9,14H2. The van der Waals surface area contributed by atoms with Gasteiger partial charge in [0, 0.05) is 6.54 Å². The first-order chi connectivity index (χ1) is 7.31. The Hall–Kier alpha value is -1.80. The van der Waals surface area contributed by atoms with Crippen LogP contribution in [0.2, 0.25) is 0 Å². The van der Waals surface area contributed by atoms with Gasteiger partial charge in [-0.05, 0) is 41.0 Å². The smallest absolute Gasteiger partial charge is 0.115 e. The van der Waals surface area contributed by atoms with Gasteiger partial charge in [-0.25, -0.2) is 0 Å². The van der Waals surface area contributed by atoms with Gasteiger partial charge in [-0.2, -0.15) is 0 Å². The molecular weight excluding hydrogens is 186 g/mol. The van der Waals surface area contributed by atoms with Crippen molar-refractivity contribution in [1.29, 1.82) is 0 Å². The molecule has 0 fully saturated rings. The minimum Gasteiger partial charge on any atom is -0.508 e. The van der Waals surface area contributed by atoms with Gasteiger partial charge < -0.3 is 10.8 Å². The molecule has 0 saturated heterocycles. The van der Waals surface area contributed by atoms with Crippen LogP contribution < -0.4 is 5.73 Å². The maximum Gasteiger partial charge on any atom is 0.115 e. The van der Waals surface area contributed by atoms with Crippen molar-refractivity contribution in [2.45, 2.75) is 6.54 Å². The average Bonchev–Trinajstić information content (AvgIpc) is 2.30. The number of aromatic hydroxyl groups is 1. The van der Waals surface area contributed by atoms with Gasteiger partial charge in [0.15, 0.2) is 0 Å². The van der Waals surface area contributed by atoms with Crippen molar-refractivity contribution in [1.82, 2.24) is 0 Å². The predicted molar refractivity (Wildman–Crippen MR) is 60.3 cm³/mol. The van der Waals surface area contributed by atoms with Crippen molar-refractivity contribution in [2.75, 3.05) is 0 Å². The van der Waals surface area contributed by atoms with Crippen LogP contribution in [-0.4, -0.2) is 5.11 Å². The third-order valence-electron chi connectivity index (χ3n) is 2.35. The van der Waals surface area contributed by atoms with E-state index in [-0.39, 0.29) is 5.75 Å². The number of hydrogen-bond donors (Lipinski definition) is 2. The van der Waals surface area contributed by atoms with E-state index in [4.69, 9.17) is 5.73 Å². The fraction of sp³-hybridized carbons (Fsp3) is 0.0769. The summed E-state index contributed by atoms with van der Waals surface area (Å²) in [6.07, 6.45) is 0. The van der Waals surface area contributed by atoms with Gasteiger partial charge >= 0.3 is 0 Å². The number of phenols is 1. The summed E-state index contributed by atoms with van der Waals surface area (Å²) in [5.41, 5.74) is 8.86. The summed E-state index contributed by atoms with van der Waals surface area (Å²) in [4.78, 5) is 0. The van der Waals surface area contributed by atoms with E-state index in [0.29, 0.717) is 6.54 Å². The van der Waals surface area contributed by atoms with Crippen LogP contribution in [0.3, 0.4) is 0 Å². The summed E-state index contributed by atoms with van der Waals surface area (Å²) in [6, 6.07) is 15.8. The molecule has 0 heterocycles. The Balaban J connectivity index is 2.49. The lowest BCUT2D eigenvalue weighted by molar-refractivity contribution is 0.475. The fourth-order valence-electron chi connectivity index (χ4n) is 1.56. The van der Waals surface area contributed by atoms with Crippen LogP contribution in [-0.2, 0) is 6.54 Å². The van der Waals surface area contributed by atoms with E-state index >= 15 is 0 Å². The Morgan fingerprint density at radius 3 is 2.53 bits per heavy atom. The summed E-state index contributed by atoms with van der Waals surface area (Å²) >= 11 is 0. The molecule has 0 saturated carbocycles. The molecule has 2 nitrogen and oxygen atoms in total. The Morgan fingerprint density at radius 2 is 1.87 bits per heavy atom. The number of benzene rings is 2. The van der Waals surface area contributed by atoms with Gasteiger partial charge in [0.05, 0.1) is 0 Å². The Morgan fingerprint density at radius 1 is 1.13 bits per heavy atom. The fourth-order valence-corrected chi connectivity index (χ4v) is 1.56. The molecule has 3 N–H and O–H groups in total. The molecule has 75 valence electrons. The Bertz CT molecular complexity index is 448. The lowest BCUT2D eigenvalue weighted by atomic mass is 10.00. The molecule has 2 aromatic carbocycles. The lowest BCUT2D eigenvalue weighted by Crippen LogP contribution is -1.98. The zero-order chi connectivity index (χ0) is 10.7. The number of phenolic OH excluding ortho intramolecular Hbond substituents is 1. The molecule has 0 aromatic heterocycles. The summed E-state index contributed by atoms with van der Waals surface area (Å²) < 4.78 is 0. The second kappa shape index (κ2) is 4.15. The molecule has 0 amide bonds. The van der Waals surface area contributed by atoms with E-state index in [1.165, 1.54) is 0 Å². The van der Waals surface area contributed by atoms with E-state index in [0.717, 1.165) is 16.7 Å². The SMILES string of the molecule is NCc1c[c]ccc1-c1ccc(O)cc1. The topological polar surface area (TPSA) is 46.2 Å². The van der Waals surface area contributed by atoms with Crippen LogP contribution in [0.4, 0.5) is 0 Å². The van der Waals surface area contributed by atoms with Crippen LogP contribution in [0, 0.1) is 6.07 Å². The normalized spacial score (nSPS) is 10.2. The zero-order valence-electron chi connectivity index (χ0n) is 8.27. The molecule has 0 unspecified atom stereocenters. The molecule has 15 heavy (non-hydrogen) atoms. The van der Waals surface area contributed by atoms with Crippen LogP contribution in [0.5, 0.6) is 5.75 Å². The van der Waals surface area contributed by atoms with E-state index in [1.807, 2.05) is 30.3 Å². The van der Waals surface area contributed by atoms with E-state index in [2.05, 4.69) is 6.07 Å². The molecule has 0 atom stereocenters. The highest BCUT2D eigenvalue weighted by molar-refractivity contribution is 5.67. The average molecular weight is 198 g/mol. The second-order valence-electron chi connectivity index (χ2n) is 3.33. The molecule has 1 radical (unpaired) electrons. The van der Waals surface area contributed by atoms with Gasteiger partial charge in [0.25, 0.3) is 0 Å². The second-order valence-corrected chi connectivity index (χ2v) is 3.33. The van der Waals surface area contributed by atoms with Gasteiger partial charge in [0.2, 0.25) is 0 Å². The molecule has 0 aliphatic heterocycles. The molecule has 2 aromatic rings. The van der Waals surface area contributed by atoms with Gasteiger partial charge in [-0.15, -0.1) is 0 Å². The minimum absolute atomic E-state index is 0.274. The highest BCUT2D eigenvalue weighted by Crippen LogP contribution is 2.24. The summed E-state index contributed by atoms with van der Waals surface area (Å²) in [5, 5.41) is 9.20. The van der Waals surface area contributed by atoms with Crippen molar-refractivity contribution in [3.8, 4) is 16.9 Å². The molecule has 2 rings (SSSR count). The van der Waals surface area contributed by atoms with Crippen molar-refractivity contribution in [3.63, 3.8) is 0 Å². The third-order valence-corrected chi connectivity index (χ3v) is 2.35. The molecule has 0 spiro atoms. The summed E-state index contributed by atoms with van der Waals surface area (Å²) in [5.74, 6) is 0.274. The first-order valence-corrected chi connectivity index (χ1v) is 4.79. The van der Waals surface area contributed by atoms with Crippen molar-refractivity contribution < 1.29 is 5.11 Å². The van der Waals surface area contributed by atoms with Crippen LogP contribution in [0.15, 0.2) is 42.5 Å². The van der Waals surface area contributed by atoms with Gasteiger partial charge in [-0.3, -0.25) is 0 Å². The van der Waals surface area contributed by atoms with E-state index in [1.54, 1.807) is 12.1 Å². The minimum atomic E-state index is 0.274. The predicted octanol–water partition coefficient (Wildman–Crippen LogP) is 2.32. The summed E-state index contributed by atoms with van der Waals surface area (Å²) in [7, 11) is 0. The van der Waals surface area contributed by atoms with Crippen LogP contribution >= 0.6 is 0 Å². The highest BCUT2D eigenvalue weighted by Gasteiger charge is 2.02. The van der Waals surface area contributed by atoms with Crippen molar-refractivity contribution in [3.05, 3.63) is 54.1 Å². The quantitative estimate of drug-likeness (QED) is 0.777. The number of nitrogens with two attached hydrogens (primary N) is 1.